The summed E-state index contributed by atoms with van der Waals surface area (Å²) in [5, 5.41) is 3.32. The van der Waals surface area contributed by atoms with Crippen LogP contribution in [0.25, 0.3) is 0 Å². The van der Waals surface area contributed by atoms with E-state index < -0.39 is 0 Å². The molecule has 0 aliphatic heterocycles. The van der Waals surface area contributed by atoms with Crippen LogP contribution in [0.15, 0.2) is 0 Å². The number of methoxy groups -OCH3 is 1. The molecule has 2 atom stereocenters. The molecule has 0 spiro atoms. The van der Waals surface area contributed by atoms with Crippen molar-refractivity contribution in [3.63, 3.8) is 0 Å². The number of rotatable bonds is 9. The third-order valence-corrected chi connectivity index (χ3v) is 2.44. The van der Waals surface area contributed by atoms with E-state index in [1.54, 1.807) is 7.11 Å². The molecule has 0 aromatic rings. The van der Waals surface area contributed by atoms with Crippen LogP contribution in [0.3, 0.4) is 0 Å². The maximum atomic E-state index is 5.75. The summed E-state index contributed by atoms with van der Waals surface area (Å²) in [4.78, 5) is 0. The molecule has 14 heavy (non-hydrogen) atoms. The smallest absolute Gasteiger partial charge is 0.0726 e. The minimum Gasteiger partial charge on any atom is -0.382 e. The van der Waals surface area contributed by atoms with Gasteiger partial charge in [0.2, 0.25) is 0 Å². The van der Waals surface area contributed by atoms with Crippen LogP contribution in [0.4, 0.5) is 0 Å². The minimum atomic E-state index is 0.315. The van der Waals surface area contributed by atoms with Crippen LogP contribution in [0.2, 0.25) is 0 Å². The molecule has 3 nitrogen and oxygen atoms in total. The molecule has 0 saturated carbocycles. The van der Waals surface area contributed by atoms with Crippen LogP contribution >= 0.6 is 0 Å². The van der Waals surface area contributed by atoms with Crippen molar-refractivity contribution in [2.75, 3.05) is 27.4 Å². The lowest BCUT2D eigenvalue weighted by Gasteiger charge is -2.25. The highest BCUT2D eigenvalue weighted by Gasteiger charge is 2.17. The lowest BCUT2D eigenvalue weighted by Crippen LogP contribution is -2.39. The van der Waals surface area contributed by atoms with Gasteiger partial charge in [-0.1, -0.05) is 20.3 Å². The molecule has 0 aromatic heterocycles. The Kier molecular flexibility index (Phi) is 9.35. The van der Waals surface area contributed by atoms with Gasteiger partial charge in [0.25, 0.3) is 0 Å². The zero-order valence-corrected chi connectivity index (χ0v) is 10.0. The van der Waals surface area contributed by atoms with E-state index in [0.717, 1.165) is 6.42 Å². The van der Waals surface area contributed by atoms with Gasteiger partial charge in [-0.25, -0.2) is 0 Å². The summed E-state index contributed by atoms with van der Waals surface area (Å²) in [7, 11) is 3.70. The molecular weight excluding hydrogens is 178 g/mol. The fourth-order valence-electron chi connectivity index (χ4n) is 1.63. The van der Waals surface area contributed by atoms with Crippen molar-refractivity contribution in [3.05, 3.63) is 0 Å². The number of nitrogens with one attached hydrogen (secondary N) is 1. The van der Waals surface area contributed by atoms with Gasteiger partial charge in [-0.3, -0.25) is 0 Å². The first kappa shape index (κ1) is 13.9. The van der Waals surface area contributed by atoms with Crippen LogP contribution in [0.1, 0.15) is 33.1 Å². The molecule has 0 fully saturated rings. The van der Waals surface area contributed by atoms with E-state index in [1.807, 2.05) is 7.05 Å². The molecule has 0 amide bonds. The molecule has 86 valence electrons. The van der Waals surface area contributed by atoms with Crippen LogP contribution < -0.4 is 5.32 Å². The molecule has 0 bridgehead atoms. The van der Waals surface area contributed by atoms with Crippen molar-refractivity contribution < 1.29 is 9.47 Å². The lowest BCUT2D eigenvalue weighted by molar-refractivity contribution is -0.00401. The van der Waals surface area contributed by atoms with Gasteiger partial charge in [-0.2, -0.15) is 0 Å². The Morgan fingerprint density at radius 2 is 1.93 bits per heavy atom. The van der Waals surface area contributed by atoms with Crippen molar-refractivity contribution in [3.8, 4) is 0 Å². The molecule has 0 aromatic carbocycles. The normalized spacial score (nSPS) is 15.4. The van der Waals surface area contributed by atoms with E-state index in [4.69, 9.17) is 9.47 Å². The minimum absolute atomic E-state index is 0.315. The van der Waals surface area contributed by atoms with Crippen LogP contribution in [-0.2, 0) is 9.47 Å². The largest absolute Gasteiger partial charge is 0.382 e. The lowest BCUT2D eigenvalue weighted by atomic mass is 10.0. The molecule has 0 rings (SSSR count). The van der Waals surface area contributed by atoms with Gasteiger partial charge in [0.05, 0.1) is 19.3 Å². The van der Waals surface area contributed by atoms with E-state index in [9.17, 15) is 0 Å². The molecule has 0 aliphatic carbocycles. The van der Waals surface area contributed by atoms with Gasteiger partial charge in [-0.15, -0.1) is 0 Å². The molecular formula is C11H25NO2. The van der Waals surface area contributed by atoms with E-state index in [-0.39, 0.29) is 0 Å². The molecule has 0 heterocycles. The van der Waals surface area contributed by atoms with Gasteiger partial charge in [0, 0.05) is 13.2 Å². The molecule has 3 heteroatoms. The van der Waals surface area contributed by atoms with Crippen molar-refractivity contribution >= 4 is 0 Å². The Hall–Kier alpha value is -0.120. The van der Waals surface area contributed by atoms with Gasteiger partial charge < -0.3 is 14.8 Å². The summed E-state index contributed by atoms with van der Waals surface area (Å²) in [6.07, 6.45) is 3.72. The summed E-state index contributed by atoms with van der Waals surface area (Å²) in [5.41, 5.74) is 0. The second kappa shape index (κ2) is 9.44. The predicted molar refractivity (Wildman–Crippen MR) is 59.7 cm³/mol. The zero-order valence-electron chi connectivity index (χ0n) is 10.0. The average molecular weight is 203 g/mol. The van der Waals surface area contributed by atoms with Gasteiger partial charge in [0.15, 0.2) is 0 Å². The summed E-state index contributed by atoms with van der Waals surface area (Å²) < 4.78 is 10.7. The highest BCUT2D eigenvalue weighted by atomic mass is 16.5. The van der Waals surface area contributed by atoms with Crippen molar-refractivity contribution in [1.29, 1.82) is 0 Å². The van der Waals surface area contributed by atoms with Gasteiger partial charge in [0.1, 0.15) is 0 Å². The average Bonchev–Trinajstić information content (AvgIpc) is 2.22. The SMILES string of the molecule is CCCC(NC)C(CC)OCCOC. The maximum Gasteiger partial charge on any atom is 0.0726 e. The summed E-state index contributed by atoms with van der Waals surface area (Å²) >= 11 is 0. The standard InChI is InChI=1S/C11H25NO2/c1-5-7-10(12-3)11(6-2)14-9-8-13-4/h10-12H,5-9H2,1-4H3. The van der Waals surface area contributed by atoms with Gasteiger partial charge in [-0.05, 0) is 19.9 Å². The molecule has 2 unspecified atom stereocenters. The molecule has 1 N–H and O–H groups in total. The van der Waals surface area contributed by atoms with Crippen molar-refractivity contribution in [1.82, 2.24) is 5.32 Å². The number of hydrogen-bond acceptors (Lipinski definition) is 3. The predicted octanol–water partition coefficient (Wildman–Crippen LogP) is 1.82. The third kappa shape index (κ3) is 5.58. The number of hydrogen-bond donors (Lipinski definition) is 1. The van der Waals surface area contributed by atoms with E-state index in [1.165, 1.54) is 12.8 Å². The second-order valence-electron chi connectivity index (χ2n) is 3.49. The fraction of sp³-hybridized carbons (Fsp3) is 1.00. The topological polar surface area (TPSA) is 30.5 Å². The monoisotopic (exact) mass is 203 g/mol. The Labute approximate surface area is 88.2 Å². The van der Waals surface area contributed by atoms with Crippen molar-refractivity contribution in [2.24, 2.45) is 0 Å². The fourth-order valence-corrected chi connectivity index (χ4v) is 1.63. The van der Waals surface area contributed by atoms with Crippen molar-refractivity contribution in [2.45, 2.75) is 45.3 Å². The first-order chi connectivity index (χ1) is 6.79. The number of ether oxygens (including phenoxy) is 2. The highest BCUT2D eigenvalue weighted by molar-refractivity contribution is 4.74. The van der Waals surface area contributed by atoms with E-state index in [2.05, 4.69) is 19.2 Å². The third-order valence-electron chi connectivity index (χ3n) is 2.44. The van der Waals surface area contributed by atoms with Gasteiger partial charge >= 0.3 is 0 Å². The molecule has 0 saturated heterocycles. The van der Waals surface area contributed by atoms with E-state index >= 15 is 0 Å². The first-order valence-electron chi connectivity index (χ1n) is 5.57. The quantitative estimate of drug-likeness (QED) is 0.580. The van der Waals surface area contributed by atoms with Crippen LogP contribution in [0, 0.1) is 0 Å². The first-order valence-corrected chi connectivity index (χ1v) is 5.57. The second-order valence-corrected chi connectivity index (χ2v) is 3.49. The number of likely N-dealkylation sites (N-methyl/N-ethyl adjacent to an activating group) is 1. The molecule has 0 aliphatic rings. The Morgan fingerprint density at radius 1 is 1.21 bits per heavy atom. The zero-order chi connectivity index (χ0) is 10.8. The summed E-state index contributed by atoms with van der Waals surface area (Å²) in [5.74, 6) is 0. The Bertz CT molecular complexity index is 120. The Balaban J connectivity index is 3.81. The highest BCUT2D eigenvalue weighted by Crippen LogP contribution is 2.09. The van der Waals surface area contributed by atoms with Crippen LogP contribution in [-0.4, -0.2) is 39.5 Å². The summed E-state index contributed by atoms with van der Waals surface area (Å²) in [6.45, 7) is 5.74. The van der Waals surface area contributed by atoms with Crippen LogP contribution in [0.5, 0.6) is 0 Å². The maximum absolute atomic E-state index is 5.75. The Morgan fingerprint density at radius 3 is 2.36 bits per heavy atom. The van der Waals surface area contributed by atoms with E-state index in [0.29, 0.717) is 25.4 Å². The summed E-state index contributed by atoms with van der Waals surface area (Å²) in [6, 6.07) is 0.474. The molecule has 0 radical (unpaired) electrons.